The van der Waals surface area contributed by atoms with Gasteiger partial charge in [-0.15, -0.1) is 11.8 Å². The summed E-state index contributed by atoms with van der Waals surface area (Å²) in [6.07, 6.45) is 3.37. The van der Waals surface area contributed by atoms with Crippen molar-refractivity contribution in [2.75, 3.05) is 13.2 Å². The molecule has 0 amide bonds. The minimum absolute atomic E-state index is 0.294. The summed E-state index contributed by atoms with van der Waals surface area (Å²) in [5.74, 6) is 6.09. The van der Waals surface area contributed by atoms with Crippen LogP contribution in [-0.4, -0.2) is 25.3 Å². The normalized spacial score (nSPS) is 14.1. The molecule has 0 aliphatic heterocycles. The molecule has 0 fully saturated rings. The second kappa shape index (κ2) is 10.0. The largest absolute Gasteiger partial charge is 0.377 e. The monoisotopic (exact) mass is 211 g/mol. The maximum Gasteiger partial charge on any atom is 0.0734 e. The summed E-state index contributed by atoms with van der Waals surface area (Å²) in [7, 11) is 0. The lowest BCUT2D eigenvalue weighted by Gasteiger charge is -2.25. The van der Waals surface area contributed by atoms with Crippen molar-refractivity contribution in [1.29, 1.82) is 0 Å². The molecular formula is C13H25NO. The molecule has 0 radical (unpaired) electrons. The van der Waals surface area contributed by atoms with Gasteiger partial charge in [0.1, 0.15) is 0 Å². The van der Waals surface area contributed by atoms with Crippen LogP contribution in [0.4, 0.5) is 0 Å². The molecule has 2 heteroatoms. The summed E-state index contributed by atoms with van der Waals surface area (Å²) in [6.45, 7) is 10.1. The molecule has 0 aromatic rings. The molecule has 0 heterocycles. The summed E-state index contributed by atoms with van der Waals surface area (Å²) < 4.78 is 5.72. The summed E-state index contributed by atoms with van der Waals surface area (Å²) in [5.41, 5.74) is 0. The van der Waals surface area contributed by atoms with Gasteiger partial charge in [-0.3, -0.25) is 0 Å². The fraction of sp³-hybridized carbons (Fsp3) is 0.846. The minimum Gasteiger partial charge on any atom is -0.377 e. The quantitative estimate of drug-likeness (QED) is 0.623. The molecule has 2 atom stereocenters. The lowest BCUT2D eigenvalue weighted by Crippen LogP contribution is -2.41. The van der Waals surface area contributed by atoms with Gasteiger partial charge in [0.15, 0.2) is 0 Å². The van der Waals surface area contributed by atoms with Crippen molar-refractivity contribution >= 4 is 0 Å². The Morgan fingerprint density at radius 3 is 2.47 bits per heavy atom. The molecule has 0 aliphatic rings. The van der Waals surface area contributed by atoms with Gasteiger partial charge >= 0.3 is 0 Å². The number of nitrogens with one attached hydrogen (secondary N) is 1. The molecule has 0 rings (SSSR count). The highest BCUT2D eigenvalue weighted by Gasteiger charge is 2.18. The van der Waals surface area contributed by atoms with E-state index in [1.54, 1.807) is 0 Å². The molecule has 0 saturated carbocycles. The van der Waals surface area contributed by atoms with E-state index in [1.807, 2.05) is 13.8 Å². The molecule has 1 N–H and O–H groups in total. The van der Waals surface area contributed by atoms with Crippen LogP contribution >= 0.6 is 0 Å². The van der Waals surface area contributed by atoms with Gasteiger partial charge in [-0.2, -0.15) is 0 Å². The SMILES string of the molecule is CC#CCC(NCCC)C(CC)OCC. The Morgan fingerprint density at radius 1 is 1.27 bits per heavy atom. The average Bonchev–Trinajstić information content (AvgIpc) is 2.27. The van der Waals surface area contributed by atoms with Gasteiger partial charge in [-0.25, -0.2) is 0 Å². The predicted molar refractivity (Wildman–Crippen MR) is 65.9 cm³/mol. The second-order valence-electron chi connectivity index (χ2n) is 3.59. The van der Waals surface area contributed by atoms with Crippen molar-refractivity contribution in [2.45, 2.75) is 59.1 Å². The Bertz CT molecular complexity index is 192. The van der Waals surface area contributed by atoms with Gasteiger partial charge in [0.05, 0.1) is 6.10 Å². The van der Waals surface area contributed by atoms with E-state index in [1.165, 1.54) is 0 Å². The number of ether oxygens (including phenoxy) is 1. The molecule has 0 saturated heterocycles. The smallest absolute Gasteiger partial charge is 0.0734 e. The highest BCUT2D eigenvalue weighted by molar-refractivity contribution is 4.99. The van der Waals surface area contributed by atoms with Gasteiger partial charge < -0.3 is 10.1 Å². The number of rotatable bonds is 8. The Balaban J connectivity index is 4.19. The maximum atomic E-state index is 5.72. The van der Waals surface area contributed by atoms with Gasteiger partial charge in [-0.1, -0.05) is 13.8 Å². The van der Waals surface area contributed by atoms with Crippen LogP contribution < -0.4 is 5.32 Å². The third-order valence-electron chi connectivity index (χ3n) is 2.39. The fourth-order valence-electron chi connectivity index (χ4n) is 1.61. The highest BCUT2D eigenvalue weighted by Crippen LogP contribution is 2.08. The molecule has 0 aliphatic carbocycles. The zero-order chi connectivity index (χ0) is 11.5. The molecule has 0 aromatic heterocycles. The molecule has 0 bridgehead atoms. The molecule has 88 valence electrons. The minimum atomic E-state index is 0.294. The lowest BCUT2D eigenvalue weighted by atomic mass is 10.1. The van der Waals surface area contributed by atoms with Crippen LogP contribution in [0.5, 0.6) is 0 Å². The van der Waals surface area contributed by atoms with Crippen LogP contribution in [0.2, 0.25) is 0 Å². The Morgan fingerprint density at radius 2 is 2.00 bits per heavy atom. The van der Waals surface area contributed by atoms with Crippen LogP contribution in [0, 0.1) is 11.8 Å². The average molecular weight is 211 g/mol. The van der Waals surface area contributed by atoms with Crippen LogP contribution in [0.15, 0.2) is 0 Å². The van der Waals surface area contributed by atoms with E-state index in [9.17, 15) is 0 Å². The third-order valence-corrected chi connectivity index (χ3v) is 2.39. The Hall–Kier alpha value is -0.520. The first kappa shape index (κ1) is 14.5. The fourth-order valence-corrected chi connectivity index (χ4v) is 1.61. The first-order valence-corrected chi connectivity index (χ1v) is 6.04. The van der Waals surface area contributed by atoms with Crippen LogP contribution in [-0.2, 0) is 4.74 Å². The van der Waals surface area contributed by atoms with Crippen molar-refractivity contribution in [2.24, 2.45) is 0 Å². The number of hydrogen-bond donors (Lipinski definition) is 1. The molecule has 15 heavy (non-hydrogen) atoms. The van der Waals surface area contributed by atoms with Crippen LogP contribution in [0.1, 0.15) is 47.0 Å². The van der Waals surface area contributed by atoms with Crippen molar-refractivity contribution in [3.05, 3.63) is 0 Å². The van der Waals surface area contributed by atoms with E-state index in [4.69, 9.17) is 4.74 Å². The van der Waals surface area contributed by atoms with Gasteiger partial charge in [0.2, 0.25) is 0 Å². The molecule has 0 aromatic carbocycles. The Labute approximate surface area is 94.8 Å². The molecular weight excluding hydrogens is 186 g/mol. The summed E-state index contributed by atoms with van der Waals surface area (Å²) in [6, 6.07) is 0.377. The van der Waals surface area contributed by atoms with Crippen molar-refractivity contribution in [3.63, 3.8) is 0 Å². The molecule has 2 unspecified atom stereocenters. The predicted octanol–water partition coefficient (Wildman–Crippen LogP) is 2.58. The first-order chi connectivity index (χ1) is 7.29. The van der Waals surface area contributed by atoms with Gasteiger partial charge in [0, 0.05) is 19.1 Å². The highest BCUT2D eigenvalue weighted by atomic mass is 16.5. The first-order valence-electron chi connectivity index (χ1n) is 6.04. The second-order valence-corrected chi connectivity index (χ2v) is 3.59. The van der Waals surface area contributed by atoms with E-state index < -0.39 is 0 Å². The summed E-state index contributed by atoms with van der Waals surface area (Å²) in [4.78, 5) is 0. The zero-order valence-electron chi connectivity index (χ0n) is 10.6. The van der Waals surface area contributed by atoms with Crippen LogP contribution in [0.3, 0.4) is 0 Å². The van der Waals surface area contributed by atoms with E-state index in [2.05, 4.69) is 31.0 Å². The standard InChI is InChI=1S/C13H25NO/c1-5-9-10-12(14-11-6-2)13(7-3)15-8-4/h12-14H,6-8,10-11H2,1-4H3. The molecule has 2 nitrogen and oxygen atoms in total. The molecule has 0 spiro atoms. The summed E-state index contributed by atoms with van der Waals surface area (Å²) >= 11 is 0. The van der Waals surface area contributed by atoms with Crippen molar-refractivity contribution in [3.8, 4) is 11.8 Å². The van der Waals surface area contributed by atoms with E-state index in [0.29, 0.717) is 12.1 Å². The van der Waals surface area contributed by atoms with Crippen molar-refractivity contribution < 1.29 is 4.74 Å². The van der Waals surface area contributed by atoms with E-state index >= 15 is 0 Å². The topological polar surface area (TPSA) is 21.3 Å². The third kappa shape index (κ3) is 6.54. The van der Waals surface area contributed by atoms with Crippen molar-refractivity contribution in [1.82, 2.24) is 5.32 Å². The maximum absolute atomic E-state index is 5.72. The van der Waals surface area contributed by atoms with E-state index in [-0.39, 0.29) is 0 Å². The lowest BCUT2D eigenvalue weighted by molar-refractivity contribution is 0.0332. The van der Waals surface area contributed by atoms with Gasteiger partial charge in [-0.05, 0) is 33.2 Å². The van der Waals surface area contributed by atoms with Gasteiger partial charge in [0.25, 0.3) is 0 Å². The van der Waals surface area contributed by atoms with E-state index in [0.717, 1.165) is 32.4 Å². The number of hydrogen-bond acceptors (Lipinski definition) is 2. The summed E-state index contributed by atoms with van der Waals surface area (Å²) in [5, 5.41) is 3.51. The van der Waals surface area contributed by atoms with Crippen LogP contribution in [0.25, 0.3) is 0 Å². The zero-order valence-corrected chi connectivity index (χ0v) is 10.6. The Kier molecular flexibility index (Phi) is 9.67.